The predicted octanol–water partition coefficient (Wildman–Crippen LogP) is 3.18. The number of benzene rings is 1. The first-order valence-electron chi connectivity index (χ1n) is 6.25. The van der Waals surface area contributed by atoms with Crippen LogP contribution in [0.1, 0.15) is 19.3 Å². The highest BCUT2D eigenvalue weighted by Crippen LogP contribution is 2.26. The van der Waals surface area contributed by atoms with Crippen molar-refractivity contribution in [2.45, 2.75) is 19.3 Å². The third kappa shape index (κ3) is 6.47. The first-order chi connectivity index (χ1) is 9.27. The second-order valence-electron chi connectivity index (χ2n) is 3.91. The molecule has 0 spiro atoms. The summed E-state index contributed by atoms with van der Waals surface area (Å²) in [4.78, 5) is 11.0. The van der Waals surface area contributed by atoms with Gasteiger partial charge in [0.1, 0.15) is 0 Å². The van der Waals surface area contributed by atoms with E-state index < -0.39 is 5.97 Å². The summed E-state index contributed by atoms with van der Waals surface area (Å²) in [5.41, 5.74) is 0. The Hall–Kier alpha value is -1.23. The van der Waals surface area contributed by atoms with Gasteiger partial charge in [-0.2, -0.15) is 0 Å². The molecule has 4 nitrogen and oxygen atoms in total. The van der Waals surface area contributed by atoms with Gasteiger partial charge in [-0.3, -0.25) is 0 Å². The van der Waals surface area contributed by atoms with E-state index in [-0.39, 0.29) is 6.61 Å². The molecule has 1 aromatic rings. The van der Waals surface area contributed by atoms with Gasteiger partial charge in [0.25, 0.3) is 0 Å². The number of hydrogen-bond donors (Lipinski definition) is 0. The first kappa shape index (κ1) is 15.8. The Bertz CT molecular complexity index is 381. The number of carbonyl (C=O) groups excluding carboxylic acids is 1. The van der Waals surface area contributed by atoms with Gasteiger partial charge >= 0.3 is 5.97 Å². The SMILES string of the molecule is COC(=O)COc1ccccc1OCCCCCBr. The maximum absolute atomic E-state index is 11.0. The average Bonchev–Trinajstić information content (AvgIpc) is 2.45. The van der Waals surface area contributed by atoms with Gasteiger partial charge in [0, 0.05) is 5.33 Å². The molecule has 0 N–H and O–H groups in total. The van der Waals surface area contributed by atoms with Crippen molar-refractivity contribution in [3.63, 3.8) is 0 Å². The van der Waals surface area contributed by atoms with E-state index in [1.807, 2.05) is 18.2 Å². The van der Waals surface area contributed by atoms with Gasteiger partial charge in [-0.05, 0) is 31.4 Å². The molecule has 0 bridgehead atoms. The van der Waals surface area contributed by atoms with Gasteiger partial charge in [-0.1, -0.05) is 28.1 Å². The molecule has 0 aliphatic carbocycles. The molecule has 0 radical (unpaired) electrons. The monoisotopic (exact) mass is 330 g/mol. The predicted molar refractivity (Wildman–Crippen MR) is 77.1 cm³/mol. The number of esters is 1. The van der Waals surface area contributed by atoms with E-state index in [0.29, 0.717) is 18.1 Å². The number of halogens is 1. The van der Waals surface area contributed by atoms with Crippen molar-refractivity contribution in [3.05, 3.63) is 24.3 Å². The Labute approximate surface area is 122 Å². The second kappa shape index (κ2) is 9.67. The molecular formula is C14H19BrO4. The number of ether oxygens (including phenoxy) is 3. The number of hydrogen-bond acceptors (Lipinski definition) is 4. The molecule has 5 heteroatoms. The molecule has 0 aliphatic rings. The highest BCUT2D eigenvalue weighted by atomic mass is 79.9. The van der Waals surface area contributed by atoms with Crippen LogP contribution < -0.4 is 9.47 Å². The van der Waals surface area contributed by atoms with Crippen molar-refractivity contribution < 1.29 is 19.0 Å². The third-order valence-electron chi connectivity index (χ3n) is 2.46. The van der Waals surface area contributed by atoms with Gasteiger partial charge in [0.05, 0.1) is 13.7 Å². The quantitative estimate of drug-likeness (QED) is 0.396. The summed E-state index contributed by atoms with van der Waals surface area (Å²) in [5.74, 6) is 0.811. The standard InChI is InChI=1S/C14H19BrO4/c1-17-14(16)11-19-13-8-4-3-7-12(13)18-10-6-2-5-9-15/h3-4,7-8H,2,5-6,9-11H2,1H3. The van der Waals surface area contributed by atoms with Crippen LogP contribution in [0.5, 0.6) is 11.5 Å². The molecule has 0 aliphatic heterocycles. The Morgan fingerprint density at radius 3 is 2.42 bits per heavy atom. The van der Waals surface area contributed by atoms with Crippen molar-refractivity contribution in [3.8, 4) is 11.5 Å². The molecular weight excluding hydrogens is 312 g/mol. The minimum absolute atomic E-state index is 0.111. The Kier molecular flexibility index (Phi) is 8.05. The summed E-state index contributed by atoms with van der Waals surface area (Å²) in [5, 5.41) is 1.02. The van der Waals surface area contributed by atoms with Crippen LogP contribution in [0.25, 0.3) is 0 Å². The van der Waals surface area contributed by atoms with Crippen molar-refractivity contribution >= 4 is 21.9 Å². The number of carbonyl (C=O) groups is 1. The fourth-order valence-corrected chi connectivity index (χ4v) is 1.84. The fraction of sp³-hybridized carbons (Fsp3) is 0.500. The number of unbranched alkanes of at least 4 members (excludes halogenated alkanes) is 2. The Morgan fingerprint density at radius 2 is 1.79 bits per heavy atom. The molecule has 0 aromatic heterocycles. The van der Waals surface area contributed by atoms with Crippen molar-refractivity contribution in [2.75, 3.05) is 25.7 Å². The lowest BCUT2D eigenvalue weighted by Gasteiger charge is -2.11. The summed E-state index contributed by atoms with van der Waals surface area (Å²) in [6.45, 7) is 0.534. The Balaban J connectivity index is 2.41. The maximum Gasteiger partial charge on any atom is 0.343 e. The largest absolute Gasteiger partial charge is 0.490 e. The van der Waals surface area contributed by atoms with Crippen LogP contribution in [0.2, 0.25) is 0 Å². The van der Waals surface area contributed by atoms with Crippen LogP contribution in [-0.2, 0) is 9.53 Å². The van der Waals surface area contributed by atoms with E-state index in [0.717, 1.165) is 24.6 Å². The van der Waals surface area contributed by atoms with Crippen LogP contribution in [0, 0.1) is 0 Å². The molecule has 19 heavy (non-hydrogen) atoms. The lowest BCUT2D eigenvalue weighted by Crippen LogP contribution is -2.13. The highest BCUT2D eigenvalue weighted by Gasteiger charge is 2.07. The van der Waals surface area contributed by atoms with Crippen LogP contribution >= 0.6 is 15.9 Å². The zero-order valence-corrected chi connectivity index (χ0v) is 12.6. The van der Waals surface area contributed by atoms with Gasteiger partial charge in [-0.25, -0.2) is 4.79 Å². The van der Waals surface area contributed by atoms with Crippen LogP contribution in [-0.4, -0.2) is 31.6 Å². The van der Waals surface area contributed by atoms with Gasteiger partial charge in [0.2, 0.25) is 0 Å². The molecule has 0 saturated carbocycles. The minimum atomic E-state index is -0.410. The van der Waals surface area contributed by atoms with Gasteiger partial charge in [-0.15, -0.1) is 0 Å². The minimum Gasteiger partial charge on any atom is -0.490 e. The molecule has 0 atom stereocenters. The summed E-state index contributed by atoms with van der Waals surface area (Å²) in [6, 6.07) is 7.32. The number of para-hydroxylation sites is 2. The fourth-order valence-electron chi connectivity index (χ4n) is 1.44. The van der Waals surface area contributed by atoms with E-state index in [9.17, 15) is 4.79 Å². The van der Waals surface area contributed by atoms with Crippen molar-refractivity contribution in [1.82, 2.24) is 0 Å². The zero-order chi connectivity index (χ0) is 13.9. The first-order valence-corrected chi connectivity index (χ1v) is 7.37. The average molecular weight is 331 g/mol. The zero-order valence-electron chi connectivity index (χ0n) is 11.1. The summed E-state index contributed by atoms with van der Waals surface area (Å²) in [6.07, 6.45) is 3.26. The number of rotatable bonds is 9. The van der Waals surface area contributed by atoms with E-state index >= 15 is 0 Å². The van der Waals surface area contributed by atoms with E-state index in [2.05, 4.69) is 20.7 Å². The van der Waals surface area contributed by atoms with Gasteiger partial charge < -0.3 is 14.2 Å². The van der Waals surface area contributed by atoms with Crippen LogP contribution in [0.4, 0.5) is 0 Å². The molecule has 1 rings (SSSR count). The van der Waals surface area contributed by atoms with E-state index in [1.54, 1.807) is 6.07 Å². The lowest BCUT2D eigenvalue weighted by atomic mass is 10.2. The molecule has 0 saturated heterocycles. The summed E-state index contributed by atoms with van der Waals surface area (Å²) < 4.78 is 15.5. The highest BCUT2D eigenvalue weighted by molar-refractivity contribution is 9.09. The summed E-state index contributed by atoms with van der Waals surface area (Å²) >= 11 is 3.39. The van der Waals surface area contributed by atoms with Crippen molar-refractivity contribution in [2.24, 2.45) is 0 Å². The molecule has 0 heterocycles. The van der Waals surface area contributed by atoms with Gasteiger partial charge in [0.15, 0.2) is 18.1 Å². The van der Waals surface area contributed by atoms with Crippen LogP contribution in [0.15, 0.2) is 24.3 Å². The van der Waals surface area contributed by atoms with Crippen LogP contribution in [0.3, 0.4) is 0 Å². The van der Waals surface area contributed by atoms with Crippen molar-refractivity contribution in [1.29, 1.82) is 0 Å². The number of alkyl halides is 1. The smallest absolute Gasteiger partial charge is 0.343 e. The molecule has 0 amide bonds. The molecule has 0 unspecified atom stereocenters. The normalized spacial score (nSPS) is 10.0. The molecule has 106 valence electrons. The maximum atomic E-state index is 11.0. The third-order valence-corrected chi connectivity index (χ3v) is 3.02. The topological polar surface area (TPSA) is 44.8 Å². The Morgan fingerprint density at radius 1 is 1.11 bits per heavy atom. The summed E-state index contributed by atoms with van der Waals surface area (Å²) in [7, 11) is 1.33. The van der Waals surface area contributed by atoms with E-state index in [4.69, 9.17) is 9.47 Å². The number of methoxy groups -OCH3 is 1. The molecule has 0 fully saturated rings. The molecule has 1 aromatic carbocycles. The lowest BCUT2D eigenvalue weighted by molar-refractivity contribution is -0.142. The second-order valence-corrected chi connectivity index (χ2v) is 4.70. The van der Waals surface area contributed by atoms with E-state index in [1.165, 1.54) is 7.11 Å².